The van der Waals surface area contributed by atoms with Crippen LogP contribution in [0.5, 0.6) is 0 Å². The average molecular weight is 527 g/mol. The maximum Gasteiger partial charge on any atom is 0.229 e. The molecule has 0 atom stereocenters. The van der Waals surface area contributed by atoms with E-state index in [0.29, 0.717) is 11.8 Å². The lowest BCUT2D eigenvalue weighted by atomic mass is 10.1. The smallest absolute Gasteiger partial charge is 0.229 e. The summed E-state index contributed by atoms with van der Waals surface area (Å²) in [6.45, 7) is 8.55. The first-order chi connectivity index (χ1) is 17.8. The van der Waals surface area contributed by atoms with Gasteiger partial charge in [-0.1, -0.05) is 19.9 Å². The van der Waals surface area contributed by atoms with Crippen molar-refractivity contribution in [3.05, 3.63) is 54.2 Å². The van der Waals surface area contributed by atoms with Gasteiger partial charge in [-0.2, -0.15) is 16.7 Å². The van der Waals surface area contributed by atoms with E-state index in [1.54, 1.807) is 17.8 Å². The number of aliphatic hydroxyl groups is 1. The first kappa shape index (κ1) is 30.1. The predicted octanol–water partition coefficient (Wildman–Crippen LogP) is 4.43. The second kappa shape index (κ2) is 15.2. The Labute approximate surface area is 226 Å². The molecule has 0 bridgehead atoms. The summed E-state index contributed by atoms with van der Waals surface area (Å²) in [5.41, 5.74) is 9.14. The fourth-order valence-corrected chi connectivity index (χ4v) is 3.80. The molecule has 3 aromatic rings. The van der Waals surface area contributed by atoms with E-state index in [-0.39, 0.29) is 5.92 Å². The fraction of sp³-hybridized carbons (Fsp3) is 0.444. The molecule has 0 spiro atoms. The molecule has 1 aliphatic rings. The van der Waals surface area contributed by atoms with Crippen molar-refractivity contribution >= 4 is 46.5 Å². The van der Waals surface area contributed by atoms with Crippen LogP contribution in [0.25, 0.3) is 0 Å². The van der Waals surface area contributed by atoms with Crippen LogP contribution in [-0.2, 0) is 0 Å². The Kier molecular flexibility index (Phi) is 12.4. The Bertz CT molecular complexity index is 1070. The normalized spacial score (nSPS) is 13.3. The molecule has 3 heterocycles. The Balaban J connectivity index is 0.000000898. The standard InChI is InChI=1S/C24H32N8.C2H6S.CH4O/c1-17(2)20-16-26-24(29-23(20)31(4)22-7-5-6-21(25)28-22)27-18-8-10-19(11-9-18)32-14-12-30(3)13-15-32;1-3-2;1-2/h5-11,16-17H,12-15H2,1-4H3,(H2,25,28)(H,26,27,29);1-2H3;2H,1H3. The molecule has 10 heteroatoms. The van der Waals surface area contributed by atoms with E-state index in [2.05, 4.69) is 70.2 Å². The molecular formula is C27H42N8OS. The maximum atomic E-state index is 7.00. The zero-order chi connectivity index (χ0) is 27.4. The van der Waals surface area contributed by atoms with Gasteiger partial charge < -0.3 is 30.9 Å². The third-order valence-corrected chi connectivity index (χ3v) is 5.83. The van der Waals surface area contributed by atoms with E-state index in [0.717, 1.165) is 56.2 Å². The van der Waals surface area contributed by atoms with Crippen LogP contribution in [0, 0.1) is 0 Å². The zero-order valence-corrected chi connectivity index (χ0v) is 24.0. The van der Waals surface area contributed by atoms with Crippen molar-refractivity contribution in [3.8, 4) is 0 Å². The lowest BCUT2D eigenvalue weighted by molar-refractivity contribution is 0.313. The molecule has 4 N–H and O–H groups in total. The Morgan fingerprint density at radius 2 is 1.62 bits per heavy atom. The molecule has 0 amide bonds. The summed E-state index contributed by atoms with van der Waals surface area (Å²) in [6, 6.07) is 14.1. The molecule has 9 nitrogen and oxygen atoms in total. The number of pyridine rings is 1. The third kappa shape index (κ3) is 8.77. The number of nitrogens with zero attached hydrogens (tertiary/aromatic N) is 6. The van der Waals surface area contributed by atoms with Crippen molar-refractivity contribution in [2.75, 3.05) is 80.7 Å². The van der Waals surface area contributed by atoms with Gasteiger partial charge in [-0.15, -0.1) is 0 Å². The molecule has 0 saturated carbocycles. The van der Waals surface area contributed by atoms with Crippen molar-refractivity contribution in [3.63, 3.8) is 0 Å². The molecule has 2 aromatic heterocycles. The largest absolute Gasteiger partial charge is 0.400 e. The van der Waals surface area contributed by atoms with Gasteiger partial charge in [0.15, 0.2) is 0 Å². The minimum absolute atomic E-state index is 0.269. The van der Waals surface area contributed by atoms with Crippen molar-refractivity contribution < 1.29 is 5.11 Å². The van der Waals surface area contributed by atoms with Crippen molar-refractivity contribution in [2.45, 2.75) is 19.8 Å². The lowest BCUT2D eigenvalue weighted by Crippen LogP contribution is -2.44. The molecule has 1 fully saturated rings. The SMILES string of the molecule is CC(C)c1cnc(Nc2ccc(N3CCN(C)CC3)cc2)nc1N(C)c1cccc(N)n1.CO.CSC. The van der Waals surface area contributed by atoms with Gasteiger partial charge in [0.25, 0.3) is 0 Å². The van der Waals surface area contributed by atoms with E-state index in [1.165, 1.54) is 5.69 Å². The number of nitrogen functional groups attached to an aromatic ring is 1. The van der Waals surface area contributed by atoms with E-state index < -0.39 is 0 Å². The van der Waals surface area contributed by atoms with Crippen LogP contribution in [0.4, 0.5) is 34.8 Å². The van der Waals surface area contributed by atoms with Crippen molar-refractivity contribution in [1.82, 2.24) is 19.9 Å². The van der Waals surface area contributed by atoms with Crippen LogP contribution in [0.15, 0.2) is 48.7 Å². The molecule has 0 aliphatic carbocycles. The number of likely N-dealkylation sites (N-methyl/N-ethyl adjacent to an activating group) is 1. The molecule has 1 aromatic carbocycles. The second-order valence-electron chi connectivity index (χ2n) is 8.98. The topological polar surface area (TPSA) is 107 Å². The van der Waals surface area contributed by atoms with Gasteiger partial charge in [0.1, 0.15) is 17.5 Å². The second-order valence-corrected chi connectivity index (χ2v) is 9.79. The molecule has 37 heavy (non-hydrogen) atoms. The Morgan fingerprint density at radius 1 is 1.00 bits per heavy atom. The molecular weight excluding hydrogens is 484 g/mol. The average Bonchev–Trinajstić information content (AvgIpc) is 2.91. The number of piperazine rings is 1. The number of nitrogens with one attached hydrogen (secondary N) is 1. The summed E-state index contributed by atoms with van der Waals surface area (Å²) in [4.78, 5) is 20.6. The number of hydrogen-bond acceptors (Lipinski definition) is 10. The lowest BCUT2D eigenvalue weighted by Gasteiger charge is -2.34. The maximum absolute atomic E-state index is 7.00. The number of thioether (sulfide) groups is 1. The first-order valence-electron chi connectivity index (χ1n) is 12.3. The zero-order valence-electron chi connectivity index (χ0n) is 23.1. The summed E-state index contributed by atoms with van der Waals surface area (Å²) < 4.78 is 0. The fourth-order valence-electron chi connectivity index (χ4n) is 3.80. The predicted molar refractivity (Wildman–Crippen MR) is 160 cm³/mol. The minimum atomic E-state index is 0.269. The number of aliphatic hydroxyl groups excluding tert-OH is 1. The number of nitrogens with two attached hydrogens (primary N) is 1. The number of aromatic nitrogens is 3. The number of rotatable bonds is 6. The summed E-state index contributed by atoms with van der Waals surface area (Å²) in [5.74, 6) is 2.85. The molecule has 4 rings (SSSR count). The van der Waals surface area contributed by atoms with E-state index in [9.17, 15) is 0 Å². The van der Waals surface area contributed by atoms with Gasteiger partial charge in [-0.3, -0.25) is 0 Å². The minimum Gasteiger partial charge on any atom is -0.400 e. The van der Waals surface area contributed by atoms with Gasteiger partial charge in [0.05, 0.1) is 0 Å². The van der Waals surface area contributed by atoms with Gasteiger partial charge in [-0.25, -0.2) is 9.97 Å². The Morgan fingerprint density at radius 3 is 2.19 bits per heavy atom. The van der Waals surface area contributed by atoms with Gasteiger partial charge in [0, 0.05) is 63.5 Å². The number of anilines is 6. The van der Waals surface area contributed by atoms with Crippen molar-refractivity contribution in [1.29, 1.82) is 0 Å². The highest BCUT2D eigenvalue weighted by Crippen LogP contribution is 2.30. The van der Waals surface area contributed by atoms with Crippen LogP contribution in [0.1, 0.15) is 25.3 Å². The van der Waals surface area contributed by atoms with Gasteiger partial charge in [0.2, 0.25) is 5.95 Å². The van der Waals surface area contributed by atoms with E-state index in [4.69, 9.17) is 15.8 Å². The molecule has 1 aliphatic heterocycles. The van der Waals surface area contributed by atoms with E-state index >= 15 is 0 Å². The van der Waals surface area contributed by atoms with Crippen LogP contribution in [0.2, 0.25) is 0 Å². The van der Waals surface area contributed by atoms with Crippen LogP contribution >= 0.6 is 11.8 Å². The summed E-state index contributed by atoms with van der Waals surface area (Å²) >= 11 is 1.75. The van der Waals surface area contributed by atoms with E-state index in [1.807, 2.05) is 42.8 Å². The van der Waals surface area contributed by atoms with Gasteiger partial charge >= 0.3 is 0 Å². The monoisotopic (exact) mass is 526 g/mol. The number of hydrogen-bond donors (Lipinski definition) is 3. The summed E-state index contributed by atoms with van der Waals surface area (Å²) in [6.07, 6.45) is 5.97. The van der Waals surface area contributed by atoms with Crippen LogP contribution in [-0.4, -0.2) is 84.9 Å². The van der Waals surface area contributed by atoms with Crippen LogP contribution < -0.4 is 20.9 Å². The third-order valence-electron chi connectivity index (χ3n) is 5.83. The summed E-state index contributed by atoms with van der Waals surface area (Å²) in [7, 11) is 5.12. The highest BCUT2D eigenvalue weighted by Gasteiger charge is 2.17. The van der Waals surface area contributed by atoms with Gasteiger partial charge in [-0.05, 0) is 61.9 Å². The van der Waals surface area contributed by atoms with Crippen molar-refractivity contribution in [2.24, 2.45) is 0 Å². The molecule has 1 saturated heterocycles. The first-order valence-corrected chi connectivity index (χ1v) is 13.9. The van der Waals surface area contributed by atoms with Crippen LogP contribution in [0.3, 0.4) is 0 Å². The number of benzene rings is 1. The molecule has 0 unspecified atom stereocenters. The quantitative estimate of drug-likeness (QED) is 0.427. The summed E-state index contributed by atoms with van der Waals surface area (Å²) in [5, 5.41) is 10.3. The highest BCUT2D eigenvalue weighted by molar-refractivity contribution is 7.97. The molecule has 202 valence electrons. The molecule has 0 radical (unpaired) electrons. The Hall–Kier alpha value is -3.08. The highest BCUT2D eigenvalue weighted by atomic mass is 32.2.